The van der Waals surface area contributed by atoms with Gasteiger partial charge in [0.1, 0.15) is 5.75 Å². The number of methoxy groups -OCH3 is 1. The van der Waals surface area contributed by atoms with Gasteiger partial charge in [-0.25, -0.2) is 0 Å². The van der Waals surface area contributed by atoms with Crippen LogP contribution in [-0.4, -0.2) is 39.1 Å². The number of nitrogens with one attached hydrogen (secondary N) is 1. The molecule has 4 heteroatoms. The third-order valence-electron chi connectivity index (χ3n) is 3.94. The maximum absolute atomic E-state index is 12.5. The van der Waals surface area contributed by atoms with Crippen LogP contribution in [0.4, 0.5) is 5.69 Å². The van der Waals surface area contributed by atoms with Crippen LogP contribution in [0.3, 0.4) is 0 Å². The van der Waals surface area contributed by atoms with Crippen molar-refractivity contribution in [3.05, 3.63) is 59.7 Å². The molecule has 1 aliphatic rings. The van der Waals surface area contributed by atoms with E-state index in [2.05, 4.69) is 10.2 Å². The Morgan fingerprint density at radius 3 is 2.45 bits per heavy atom. The van der Waals surface area contributed by atoms with Gasteiger partial charge in [0.05, 0.1) is 7.11 Å². The second kappa shape index (κ2) is 6.62. The number of hydrogen-bond donors (Lipinski definition) is 1. The van der Waals surface area contributed by atoms with Gasteiger partial charge < -0.3 is 15.0 Å². The topological polar surface area (TPSA) is 41.6 Å². The van der Waals surface area contributed by atoms with Gasteiger partial charge in [-0.15, -0.1) is 0 Å². The van der Waals surface area contributed by atoms with Crippen molar-refractivity contribution >= 4 is 11.5 Å². The molecule has 1 heterocycles. The molecule has 0 atom stereocenters. The minimum absolute atomic E-state index is 0.0192. The summed E-state index contributed by atoms with van der Waals surface area (Å²) in [7, 11) is 1.60. The van der Waals surface area contributed by atoms with Gasteiger partial charge >= 0.3 is 0 Å². The predicted octanol–water partition coefficient (Wildman–Crippen LogP) is 2.34. The molecule has 4 nitrogen and oxygen atoms in total. The smallest absolute Gasteiger partial charge is 0.193 e. The van der Waals surface area contributed by atoms with Gasteiger partial charge in [0.25, 0.3) is 0 Å². The molecule has 2 aromatic rings. The van der Waals surface area contributed by atoms with E-state index in [1.54, 1.807) is 13.2 Å². The summed E-state index contributed by atoms with van der Waals surface area (Å²) in [6, 6.07) is 15.1. The van der Waals surface area contributed by atoms with Crippen LogP contribution in [-0.2, 0) is 0 Å². The number of nitrogens with zero attached hydrogens (tertiary/aromatic N) is 1. The highest BCUT2D eigenvalue weighted by Crippen LogP contribution is 2.20. The first-order valence-corrected chi connectivity index (χ1v) is 7.52. The molecule has 0 amide bonds. The van der Waals surface area contributed by atoms with Crippen molar-refractivity contribution in [3.8, 4) is 5.75 Å². The largest absolute Gasteiger partial charge is 0.497 e. The van der Waals surface area contributed by atoms with E-state index < -0.39 is 0 Å². The molecule has 0 radical (unpaired) electrons. The lowest BCUT2D eigenvalue weighted by Gasteiger charge is -2.29. The number of benzene rings is 2. The van der Waals surface area contributed by atoms with Crippen molar-refractivity contribution in [2.75, 3.05) is 38.2 Å². The minimum Gasteiger partial charge on any atom is -0.497 e. The van der Waals surface area contributed by atoms with Crippen LogP contribution in [0.1, 0.15) is 15.9 Å². The molecule has 0 bridgehead atoms. The molecule has 114 valence electrons. The van der Waals surface area contributed by atoms with Crippen LogP contribution in [0.15, 0.2) is 48.5 Å². The quantitative estimate of drug-likeness (QED) is 0.879. The fourth-order valence-corrected chi connectivity index (χ4v) is 2.68. The standard InChI is InChI=1S/C18H20N2O2/c1-22-17-4-2-3-15(13-17)18(21)14-5-7-16(8-6-14)20-11-9-19-10-12-20/h2-8,13,19H,9-12H2,1H3. The SMILES string of the molecule is COc1cccc(C(=O)c2ccc(N3CCNCC3)cc2)c1. The Bertz CT molecular complexity index is 646. The van der Waals surface area contributed by atoms with Gasteiger partial charge in [0.15, 0.2) is 5.78 Å². The van der Waals surface area contributed by atoms with Crippen molar-refractivity contribution in [3.63, 3.8) is 0 Å². The highest BCUT2D eigenvalue weighted by Gasteiger charge is 2.13. The Labute approximate surface area is 130 Å². The zero-order valence-corrected chi connectivity index (χ0v) is 12.7. The molecule has 1 aliphatic heterocycles. The Hall–Kier alpha value is -2.33. The second-order valence-electron chi connectivity index (χ2n) is 5.35. The van der Waals surface area contributed by atoms with Crippen molar-refractivity contribution in [2.45, 2.75) is 0 Å². The first-order chi connectivity index (χ1) is 10.8. The number of anilines is 1. The Kier molecular flexibility index (Phi) is 4.39. The number of piperazine rings is 1. The van der Waals surface area contributed by atoms with Crippen LogP contribution in [0.2, 0.25) is 0 Å². The van der Waals surface area contributed by atoms with Crippen LogP contribution in [0.25, 0.3) is 0 Å². The van der Waals surface area contributed by atoms with E-state index >= 15 is 0 Å². The van der Waals surface area contributed by atoms with Crippen molar-refractivity contribution in [1.82, 2.24) is 5.32 Å². The fourth-order valence-electron chi connectivity index (χ4n) is 2.68. The summed E-state index contributed by atoms with van der Waals surface area (Å²) in [6.45, 7) is 4.02. The molecule has 0 saturated carbocycles. The van der Waals surface area contributed by atoms with Crippen LogP contribution >= 0.6 is 0 Å². The first-order valence-electron chi connectivity index (χ1n) is 7.52. The molecule has 0 aliphatic carbocycles. The van der Waals surface area contributed by atoms with E-state index in [0.29, 0.717) is 16.9 Å². The summed E-state index contributed by atoms with van der Waals surface area (Å²) in [5.41, 5.74) is 2.52. The number of ether oxygens (including phenoxy) is 1. The van der Waals surface area contributed by atoms with Gasteiger partial charge in [-0.1, -0.05) is 12.1 Å². The average Bonchev–Trinajstić information content (AvgIpc) is 2.62. The first kappa shape index (κ1) is 14.6. The van der Waals surface area contributed by atoms with Gasteiger partial charge in [-0.2, -0.15) is 0 Å². The molecule has 1 fully saturated rings. The number of carbonyl (C=O) groups excluding carboxylic acids is 1. The lowest BCUT2D eigenvalue weighted by molar-refractivity contribution is 0.103. The summed E-state index contributed by atoms with van der Waals surface area (Å²) in [4.78, 5) is 14.9. The van der Waals surface area contributed by atoms with Crippen molar-refractivity contribution in [2.24, 2.45) is 0 Å². The van der Waals surface area contributed by atoms with Crippen LogP contribution in [0.5, 0.6) is 5.75 Å². The van der Waals surface area contributed by atoms with Crippen LogP contribution < -0.4 is 15.0 Å². The monoisotopic (exact) mass is 296 g/mol. The molecule has 2 aromatic carbocycles. The molecule has 0 unspecified atom stereocenters. The molecule has 0 spiro atoms. The fraction of sp³-hybridized carbons (Fsp3) is 0.278. The Morgan fingerprint density at radius 2 is 1.77 bits per heavy atom. The van der Waals surface area contributed by atoms with E-state index in [9.17, 15) is 4.79 Å². The second-order valence-corrected chi connectivity index (χ2v) is 5.35. The molecular formula is C18H20N2O2. The Morgan fingerprint density at radius 1 is 1.05 bits per heavy atom. The highest BCUT2D eigenvalue weighted by molar-refractivity contribution is 6.09. The molecule has 3 rings (SSSR count). The summed E-state index contributed by atoms with van der Waals surface area (Å²) >= 11 is 0. The molecule has 0 aromatic heterocycles. The Balaban J connectivity index is 1.78. The lowest BCUT2D eigenvalue weighted by Crippen LogP contribution is -2.43. The lowest BCUT2D eigenvalue weighted by atomic mass is 10.0. The summed E-state index contributed by atoms with van der Waals surface area (Å²) in [5.74, 6) is 0.717. The van der Waals surface area contributed by atoms with E-state index in [1.807, 2.05) is 42.5 Å². The predicted molar refractivity (Wildman–Crippen MR) is 88.0 cm³/mol. The van der Waals surface area contributed by atoms with E-state index in [1.165, 1.54) is 5.69 Å². The van der Waals surface area contributed by atoms with E-state index in [0.717, 1.165) is 26.2 Å². The molecule has 22 heavy (non-hydrogen) atoms. The van der Waals surface area contributed by atoms with E-state index in [4.69, 9.17) is 4.74 Å². The van der Waals surface area contributed by atoms with Gasteiger partial charge in [0.2, 0.25) is 0 Å². The molecule has 1 N–H and O–H groups in total. The van der Waals surface area contributed by atoms with E-state index in [-0.39, 0.29) is 5.78 Å². The zero-order valence-electron chi connectivity index (χ0n) is 12.7. The molecular weight excluding hydrogens is 276 g/mol. The minimum atomic E-state index is 0.0192. The van der Waals surface area contributed by atoms with Crippen molar-refractivity contribution < 1.29 is 9.53 Å². The number of hydrogen-bond acceptors (Lipinski definition) is 4. The maximum Gasteiger partial charge on any atom is 0.193 e. The van der Waals surface area contributed by atoms with Gasteiger partial charge in [0, 0.05) is 43.0 Å². The summed E-state index contributed by atoms with van der Waals surface area (Å²) < 4.78 is 5.17. The molecule has 1 saturated heterocycles. The summed E-state index contributed by atoms with van der Waals surface area (Å²) in [5, 5.41) is 3.34. The van der Waals surface area contributed by atoms with Crippen molar-refractivity contribution in [1.29, 1.82) is 0 Å². The summed E-state index contributed by atoms with van der Waals surface area (Å²) in [6.07, 6.45) is 0. The third kappa shape index (κ3) is 3.12. The number of carbonyl (C=O) groups is 1. The maximum atomic E-state index is 12.5. The zero-order chi connectivity index (χ0) is 15.4. The average molecular weight is 296 g/mol. The highest BCUT2D eigenvalue weighted by atomic mass is 16.5. The third-order valence-corrected chi connectivity index (χ3v) is 3.94. The number of ketones is 1. The van der Waals surface area contributed by atoms with Gasteiger partial charge in [-0.05, 0) is 36.4 Å². The number of rotatable bonds is 4. The normalized spacial score (nSPS) is 14.7. The van der Waals surface area contributed by atoms with Crippen LogP contribution in [0, 0.1) is 0 Å². The van der Waals surface area contributed by atoms with Gasteiger partial charge in [-0.3, -0.25) is 4.79 Å².